The predicted molar refractivity (Wildman–Crippen MR) is 81.3 cm³/mol. The van der Waals surface area contributed by atoms with Gasteiger partial charge in [-0.1, -0.05) is 24.3 Å². The first-order chi connectivity index (χ1) is 9.59. The van der Waals surface area contributed by atoms with Gasteiger partial charge in [-0.3, -0.25) is 4.79 Å². The van der Waals surface area contributed by atoms with Crippen molar-refractivity contribution >= 4 is 11.4 Å². The first-order valence-corrected chi connectivity index (χ1v) is 6.82. The summed E-state index contributed by atoms with van der Waals surface area (Å²) in [4.78, 5) is 16.3. The monoisotopic (exact) mass is 268 g/mol. The molecule has 2 rings (SSSR count). The minimum absolute atomic E-state index is 0.194. The molecule has 0 aliphatic heterocycles. The van der Waals surface area contributed by atoms with Crippen molar-refractivity contribution in [2.24, 2.45) is 0 Å². The SMILES string of the molecule is C/C(C(=O)CCn1ccnc1)=C(/C)c1ccccc1C. The lowest BCUT2D eigenvalue weighted by molar-refractivity contribution is -0.115. The second-order valence-electron chi connectivity index (χ2n) is 5.04. The lowest BCUT2D eigenvalue weighted by Crippen LogP contribution is -2.07. The molecule has 0 atom stereocenters. The van der Waals surface area contributed by atoms with Crippen LogP contribution in [0.3, 0.4) is 0 Å². The molecule has 0 aliphatic rings. The molecule has 0 saturated heterocycles. The van der Waals surface area contributed by atoms with Crippen molar-refractivity contribution in [3.05, 3.63) is 59.7 Å². The largest absolute Gasteiger partial charge is 0.337 e. The van der Waals surface area contributed by atoms with Gasteiger partial charge in [0.05, 0.1) is 6.33 Å². The number of nitrogens with zero attached hydrogens (tertiary/aromatic N) is 2. The first kappa shape index (κ1) is 14.3. The van der Waals surface area contributed by atoms with Gasteiger partial charge in [0.25, 0.3) is 0 Å². The molecule has 3 nitrogen and oxygen atoms in total. The Labute approximate surface area is 120 Å². The Hall–Kier alpha value is -2.16. The van der Waals surface area contributed by atoms with Crippen LogP contribution in [0.5, 0.6) is 0 Å². The molecule has 0 aliphatic carbocycles. The van der Waals surface area contributed by atoms with Crippen LogP contribution in [0.1, 0.15) is 31.4 Å². The van der Waals surface area contributed by atoms with Crippen LogP contribution in [-0.4, -0.2) is 15.3 Å². The number of rotatable bonds is 5. The number of ketones is 1. The number of aryl methyl sites for hydroxylation is 2. The minimum atomic E-state index is 0.194. The van der Waals surface area contributed by atoms with Crippen molar-refractivity contribution in [2.45, 2.75) is 33.7 Å². The van der Waals surface area contributed by atoms with Crippen molar-refractivity contribution in [1.29, 1.82) is 0 Å². The van der Waals surface area contributed by atoms with Crippen LogP contribution < -0.4 is 0 Å². The summed E-state index contributed by atoms with van der Waals surface area (Å²) in [7, 11) is 0. The Morgan fingerprint density at radius 1 is 1.25 bits per heavy atom. The van der Waals surface area contributed by atoms with Crippen LogP contribution in [0.4, 0.5) is 0 Å². The molecule has 20 heavy (non-hydrogen) atoms. The highest BCUT2D eigenvalue weighted by atomic mass is 16.1. The van der Waals surface area contributed by atoms with Crippen LogP contribution >= 0.6 is 0 Å². The fourth-order valence-corrected chi connectivity index (χ4v) is 2.24. The highest BCUT2D eigenvalue weighted by Gasteiger charge is 2.10. The van der Waals surface area contributed by atoms with Crippen LogP contribution in [0.25, 0.3) is 5.57 Å². The van der Waals surface area contributed by atoms with Gasteiger partial charge in [-0.2, -0.15) is 0 Å². The molecular weight excluding hydrogens is 248 g/mol. The van der Waals surface area contributed by atoms with Gasteiger partial charge in [0.2, 0.25) is 0 Å². The number of carbonyl (C=O) groups is 1. The second-order valence-corrected chi connectivity index (χ2v) is 5.04. The third kappa shape index (κ3) is 3.23. The maximum Gasteiger partial charge on any atom is 0.160 e. The highest BCUT2D eigenvalue weighted by molar-refractivity contribution is 6.01. The molecule has 0 fully saturated rings. The zero-order valence-corrected chi connectivity index (χ0v) is 12.3. The van der Waals surface area contributed by atoms with Crippen molar-refractivity contribution < 1.29 is 4.79 Å². The number of aromatic nitrogens is 2. The summed E-state index contributed by atoms with van der Waals surface area (Å²) >= 11 is 0. The zero-order chi connectivity index (χ0) is 14.5. The molecule has 0 unspecified atom stereocenters. The van der Waals surface area contributed by atoms with E-state index in [2.05, 4.69) is 24.0 Å². The average Bonchev–Trinajstić information content (AvgIpc) is 2.97. The second kappa shape index (κ2) is 6.33. The number of imidazole rings is 1. The summed E-state index contributed by atoms with van der Waals surface area (Å²) < 4.78 is 1.92. The lowest BCUT2D eigenvalue weighted by Gasteiger charge is -2.10. The van der Waals surface area contributed by atoms with Gasteiger partial charge in [0.15, 0.2) is 5.78 Å². The van der Waals surface area contributed by atoms with Crippen LogP contribution in [-0.2, 0) is 11.3 Å². The fourth-order valence-electron chi connectivity index (χ4n) is 2.24. The van der Waals surface area contributed by atoms with Gasteiger partial charge in [-0.05, 0) is 43.0 Å². The van der Waals surface area contributed by atoms with Gasteiger partial charge in [-0.15, -0.1) is 0 Å². The van der Waals surface area contributed by atoms with Gasteiger partial charge < -0.3 is 4.57 Å². The molecular formula is C17H20N2O. The van der Waals surface area contributed by atoms with E-state index in [1.165, 1.54) is 5.56 Å². The third-order valence-corrected chi connectivity index (χ3v) is 3.69. The summed E-state index contributed by atoms with van der Waals surface area (Å²) in [6.07, 6.45) is 5.85. The molecule has 0 saturated carbocycles. The Bertz CT molecular complexity index is 624. The van der Waals surface area contributed by atoms with E-state index >= 15 is 0 Å². The molecule has 1 aromatic carbocycles. The summed E-state index contributed by atoms with van der Waals surface area (Å²) in [5.41, 5.74) is 4.27. The molecule has 3 heteroatoms. The number of hydrogen-bond donors (Lipinski definition) is 0. The molecule has 0 spiro atoms. The average molecular weight is 268 g/mol. The first-order valence-electron chi connectivity index (χ1n) is 6.82. The number of carbonyl (C=O) groups excluding carboxylic acids is 1. The van der Waals surface area contributed by atoms with E-state index in [0.29, 0.717) is 13.0 Å². The maximum atomic E-state index is 12.3. The minimum Gasteiger partial charge on any atom is -0.337 e. The van der Waals surface area contributed by atoms with E-state index in [-0.39, 0.29) is 5.78 Å². The van der Waals surface area contributed by atoms with Crippen LogP contribution in [0.2, 0.25) is 0 Å². The quantitative estimate of drug-likeness (QED) is 0.776. The number of Topliss-reactive ketones (excluding diaryl/α,β-unsaturated/α-hetero) is 1. The number of benzene rings is 1. The van der Waals surface area contributed by atoms with Crippen molar-refractivity contribution in [3.63, 3.8) is 0 Å². The summed E-state index contributed by atoms with van der Waals surface area (Å²) in [5.74, 6) is 0.194. The van der Waals surface area contributed by atoms with E-state index in [0.717, 1.165) is 16.7 Å². The summed E-state index contributed by atoms with van der Waals surface area (Å²) in [6.45, 7) is 6.68. The Morgan fingerprint density at radius 2 is 2.00 bits per heavy atom. The van der Waals surface area contributed by atoms with E-state index in [1.807, 2.05) is 36.7 Å². The van der Waals surface area contributed by atoms with Crippen molar-refractivity contribution in [1.82, 2.24) is 9.55 Å². The van der Waals surface area contributed by atoms with Gasteiger partial charge >= 0.3 is 0 Å². The lowest BCUT2D eigenvalue weighted by atomic mass is 9.95. The summed E-state index contributed by atoms with van der Waals surface area (Å²) in [5, 5.41) is 0. The van der Waals surface area contributed by atoms with Gasteiger partial charge in [0.1, 0.15) is 0 Å². The van der Waals surface area contributed by atoms with E-state index in [1.54, 1.807) is 12.5 Å². The maximum absolute atomic E-state index is 12.3. The fraction of sp³-hybridized carbons (Fsp3) is 0.294. The van der Waals surface area contributed by atoms with Crippen LogP contribution in [0.15, 0.2) is 48.6 Å². The highest BCUT2D eigenvalue weighted by Crippen LogP contribution is 2.22. The molecule has 0 bridgehead atoms. The third-order valence-electron chi connectivity index (χ3n) is 3.69. The zero-order valence-electron chi connectivity index (χ0n) is 12.3. The molecule has 0 N–H and O–H groups in total. The standard InChI is InChI=1S/C17H20N2O/c1-13-6-4-5-7-16(13)14(2)15(3)17(20)8-10-19-11-9-18-12-19/h4-7,9,11-12H,8,10H2,1-3H3/b15-14+. The molecule has 1 heterocycles. The normalized spacial score (nSPS) is 12.2. The molecule has 0 radical (unpaired) electrons. The molecule has 0 amide bonds. The topological polar surface area (TPSA) is 34.9 Å². The molecule has 1 aromatic heterocycles. The van der Waals surface area contributed by atoms with Crippen molar-refractivity contribution in [3.8, 4) is 0 Å². The number of allylic oxidation sites excluding steroid dienone is 2. The predicted octanol–water partition coefficient (Wildman–Crippen LogP) is 3.64. The van der Waals surface area contributed by atoms with E-state index in [4.69, 9.17) is 0 Å². The molecule has 2 aromatic rings. The molecule has 104 valence electrons. The number of hydrogen-bond acceptors (Lipinski definition) is 2. The Morgan fingerprint density at radius 3 is 2.65 bits per heavy atom. The summed E-state index contributed by atoms with van der Waals surface area (Å²) in [6, 6.07) is 8.16. The van der Waals surface area contributed by atoms with E-state index in [9.17, 15) is 4.79 Å². The van der Waals surface area contributed by atoms with Gasteiger partial charge in [-0.25, -0.2) is 4.98 Å². The van der Waals surface area contributed by atoms with E-state index < -0.39 is 0 Å². The van der Waals surface area contributed by atoms with Crippen LogP contribution in [0, 0.1) is 6.92 Å². The Balaban J connectivity index is 2.12. The Kier molecular flexibility index (Phi) is 4.51. The smallest absolute Gasteiger partial charge is 0.160 e. The van der Waals surface area contributed by atoms with Gasteiger partial charge in [0, 0.05) is 25.4 Å². The van der Waals surface area contributed by atoms with Crippen molar-refractivity contribution in [2.75, 3.05) is 0 Å².